The number of aromatic nitrogens is 2. The largest absolute Gasteiger partial charge is 0.479 e. The molecule has 0 atom stereocenters. The molecule has 0 spiro atoms. The molecule has 5 heteroatoms. The van der Waals surface area contributed by atoms with E-state index in [1.54, 1.807) is 12.5 Å². The maximum absolute atomic E-state index is 8.41. The monoisotopic (exact) mass is 254 g/mol. The van der Waals surface area contributed by atoms with Crippen molar-refractivity contribution in [2.75, 3.05) is 6.61 Å². The van der Waals surface area contributed by atoms with Crippen molar-refractivity contribution in [2.24, 2.45) is 0 Å². The molecular formula is C14H14N4O. The normalized spacial score (nSPS) is 9.84. The van der Waals surface area contributed by atoms with Crippen molar-refractivity contribution in [1.29, 1.82) is 5.26 Å². The summed E-state index contributed by atoms with van der Waals surface area (Å²) in [4.78, 5) is 8.00. The molecule has 96 valence electrons. The number of nitrogens with one attached hydrogen (secondary N) is 1. The minimum absolute atomic E-state index is 0.0747. The summed E-state index contributed by atoms with van der Waals surface area (Å²) in [6.07, 6.45) is 3.27. The highest BCUT2D eigenvalue weighted by Crippen LogP contribution is 2.11. The fourth-order valence-electron chi connectivity index (χ4n) is 1.58. The molecule has 0 aliphatic rings. The number of benzene rings is 1. The van der Waals surface area contributed by atoms with Gasteiger partial charge in [0.25, 0.3) is 0 Å². The van der Waals surface area contributed by atoms with Gasteiger partial charge in [-0.05, 0) is 23.8 Å². The summed E-state index contributed by atoms with van der Waals surface area (Å²) in [5, 5.41) is 11.7. The van der Waals surface area contributed by atoms with Crippen molar-refractivity contribution in [3.8, 4) is 11.8 Å². The van der Waals surface area contributed by atoms with E-state index >= 15 is 0 Å². The van der Waals surface area contributed by atoms with Gasteiger partial charge in [-0.15, -0.1) is 0 Å². The third-order valence-corrected chi connectivity index (χ3v) is 2.51. The first kappa shape index (κ1) is 13.0. The van der Waals surface area contributed by atoms with E-state index in [0.29, 0.717) is 12.3 Å². The summed E-state index contributed by atoms with van der Waals surface area (Å²) < 4.78 is 5.19. The Bertz CT molecular complexity index is 534. The van der Waals surface area contributed by atoms with Crippen LogP contribution in [0.15, 0.2) is 42.9 Å². The van der Waals surface area contributed by atoms with Crippen molar-refractivity contribution >= 4 is 0 Å². The van der Waals surface area contributed by atoms with Gasteiger partial charge in [-0.3, -0.25) is 0 Å². The van der Waals surface area contributed by atoms with Crippen LogP contribution < -0.4 is 10.1 Å². The van der Waals surface area contributed by atoms with E-state index in [2.05, 4.69) is 15.3 Å². The molecule has 0 bridgehead atoms. The molecule has 1 aromatic heterocycles. The zero-order chi connectivity index (χ0) is 13.3. The quantitative estimate of drug-likeness (QED) is 0.849. The lowest BCUT2D eigenvalue weighted by atomic mass is 10.2. The Morgan fingerprint density at radius 2 is 2.00 bits per heavy atom. The summed E-state index contributed by atoms with van der Waals surface area (Å²) in [5.41, 5.74) is 2.11. The molecule has 5 nitrogen and oxygen atoms in total. The molecular weight excluding hydrogens is 240 g/mol. The first-order valence-electron chi connectivity index (χ1n) is 5.93. The molecule has 0 saturated carbocycles. The van der Waals surface area contributed by atoms with Gasteiger partial charge in [-0.2, -0.15) is 5.26 Å². The molecule has 19 heavy (non-hydrogen) atoms. The Hall–Kier alpha value is -2.45. The van der Waals surface area contributed by atoms with Crippen LogP contribution in [0, 0.1) is 11.3 Å². The van der Waals surface area contributed by atoms with Crippen LogP contribution in [0.2, 0.25) is 0 Å². The van der Waals surface area contributed by atoms with Gasteiger partial charge < -0.3 is 10.1 Å². The van der Waals surface area contributed by atoms with Crippen LogP contribution in [0.1, 0.15) is 11.3 Å². The molecule has 0 amide bonds. The second-order valence-corrected chi connectivity index (χ2v) is 3.90. The second-order valence-electron chi connectivity index (χ2n) is 3.90. The van der Waals surface area contributed by atoms with E-state index in [4.69, 9.17) is 10.00 Å². The molecule has 2 aromatic rings. The zero-order valence-corrected chi connectivity index (χ0v) is 10.4. The van der Waals surface area contributed by atoms with Gasteiger partial charge in [0.2, 0.25) is 0 Å². The highest BCUT2D eigenvalue weighted by atomic mass is 16.5. The third-order valence-electron chi connectivity index (χ3n) is 2.51. The van der Waals surface area contributed by atoms with Gasteiger partial charge >= 0.3 is 0 Å². The number of ether oxygens (including phenoxy) is 1. The molecule has 1 N–H and O–H groups in total. The van der Waals surface area contributed by atoms with Crippen molar-refractivity contribution in [3.05, 3.63) is 54.1 Å². The van der Waals surface area contributed by atoms with E-state index < -0.39 is 0 Å². The second kappa shape index (κ2) is 7.09. The van der Waals surface area contributed by atoms with Crippen LogP contribution in [-0.2, 0) is 13.1 Å². The van der Waals surface area contributed by atoms with E-state index in [9.17, 15) is 0 Å². The van der Waals surface area contributed by atoms with Gasteiger partial charge in [0.15, 0.2) is 6.61 Å². The number of nitriles is 1. The standard InChI is InChI=1S/C14H14N4O/c15-6-8-19-14-3-1-12(2-4-14)9-17-10-13-5-7-16-11-18-13/h1-5,7,11,17H,8-10H2. The minimum atomic E-state index is 0.0747. The zero-order valence-electron chi connectivity index (χ0n) is 10.4. The first-order chi connectivity index (χ1) is 9.38. The number of hydrogen-bond acceptors (Lipinski definition) is 5. The third kappa shape index (κ3) is 4.37. The number of rotatable bonds is 6. The topological polar surface area (TPSA) is 70.8 Å². The maximum atomic E-state index is 8.41. The van der Waals surface area contributed by atoms with Crippen molar-refractivity contribution in [2.45, 2.75) is 13.1 Å². The van der Waals surface area contributed by atoms with Crippen LogP contribution in [0.5, 0.6) is 5.75 Å². The number of nitrogens with zero attached hydrogens (tertiary/aromatic N) is 3. The Morgan fingerprint density at radius 3 is 2.68 bits per heavy atom. The smallest absolute Gasteiger partial charge is 0.174 e. The van der Waals surface area contributed by atoms with Crippen LogP contribution in [-0.4, -0.2) is 16.6 Å². The molecule has 0 saturated heterocycles. The fourth-order valence-corrected chi connectivity index (χ4v) is 1.58. The average molecular weight is 254 g/mol. The minimum Gasteiger partial charge on any atom is -0.479 e. The summed E-state index contributed by atoms with van der Waals surface area (Å²) in [6, 6.07) is 11.5. The van der Waals surface area contributed by atoms with Gasteiger partial charge in [0.05, 0.1) is 5.69 Å². The van der Waals surface area contributed by atoms with Crippen LogP contribution in [0.3, 0.4) is 0 Å². The maximum Gasteiger partial charge on any atom is 0.174 e. The number of hydrogen-bond donors (Lipinski definition) is 1. The Morgan fingerprint density at radius 1 is 1.16 bits per heavy atom. The average Bonchev–Trinajstić information content (AvgIpc) is 2.47. The lowest BCUT2D eigenvalue weighted by Gasteiger charge is -2.06. The van der Waals surface area contributed by atoms with Crippen LogP contribution >= 0.6 is 0 Å². The Labute approximate surface area is 111 Å². The summed E-state index contributed by atoms with van der Waals surface area (Å²) in [6.45, 7) is 1.53. The predicted molar refractivity (Wildman–Crippen MR) is 70.1 cm³/mol. The highest BCUT2D eigenvalue weighted by molar-refractivity contribution is 5.27. The van der Waals surface area contributed by atoms with Crippen molar-refractivity contribution in [3.63, 3.8) is 0 Å². The lowest BCUT2D eigenvalue weighted by Crippen LogP contribution is -2.13. The van der Waals surface area contributed by atoms with Gasteiger partial charge in [-0.1, -0.05) is 12.1 Å². The van der Waals surface area contributed by atoms with Gasteiger partial charge in [0.1, 0.15) is 18.1 Å². The molecule has 1 aromatic carbocycles. The van der Waals surface area contributed by atoms with Crippen LogP contribution in [0.4, 0.5) is 0 Å². The SMILES string of the molecule is N#CCOc1ccc(CNCc2ccncn2)cc1. The molecule has 0 radical (unpaired) electrons. The van der Waals surface area contributed by atoms with Crippen LogP contribution in [0.25, 0.3) is 0 Å². The molecule has 0 aliphatic carbocycles. The first-order valence-corrected chi connectivity index (χ1v) is 5.93. The molecule has 2 rings (SSSR count). The predicted octanol–water partition coefficient (Wildman–Crippen LogP) is 1.67. The van der Waals surface area contributed by atoms with Crippen molar-refractivity contribution < 1.29 is 4.74 Å². The Kier molecular flexibility index (Phi) is 4.85. The lowest BCUT2D eigenvalue weighted by molar-refractivity contribution is 0.368. The van der Waals surface area contributed by atoms with E-state index in [1.807, 2.05) is 36.4 Å². The van der Waals surface area contributed by atoms with E-state index in [1.165, 1.54) is 0 Å². The fraction of sp³-hybridized carbons (Fsp3) is 0.214. The van der Waals surface area contributed by atoms with E-state index in [0.717, 1.165) is 17.8 Å². The molecule has 0 unspecified atom stereocenters. The highest BCUT2D eigenvalue weighted by Gasteiger charge is 1.97. The molecule has 0 fully saturated rings. The van der Waals surface area contributed by atoms with Crippen molar-refractivity contribution in [1.82, 2.24) is 15.3 Å². The van der Waals surface area contributed by atoms with E-state index in [-0.39, 0.29) is 6.61 Å². The molecule has 0 aliphatic heterocycles. The summed E-state index contributed by atoms with van der Waals surface area (Å²) >= 11 is 0. The summed E-state index contributed by atoms with van der Waals surface area (Å²) in [7, 11) is 0. The summed E-state index contributed by atoms with van der Waals surface area (Å²) in [5.74, 6) is 0.709. The van der Waals surface area contributed by atoms with Gasteiger partial charge in [0, 0.05) is 19.3 Å². The Balaban J connectivity index is 1.79. The molecule has 1 heterocycles. The van der Waals surface area contributed by atoms with Gasteiger partial charge in [-0.25, -0.2) is 9.97 Å².